The summed E-state index contributed by atoms with van der Waals surface area (Å²) in [6, 6.07) is 8.67. The molecule has 0 saturated heterocycles. The minimum Gasteiger partial charge on any atom is -0.366 e. The maximum Gasteiger partial charge on any atom is 0.435 e. The van der Waals surface area contributed by atoms with Crippen LogP contribution >= 0.6 is 0 Å². The van der Waals surface area contributed by atoms with E-state index in [-0.39, 0.29) is 35.2 Å². The quantitative estimate of drug-likeness (QED) is 0.159. The van der Waals surface area contributed by atoms with Gasteiger partial charge in [0.05, 0.1) is 17.3 Å². The van der Waals surface area contributed by atoms with Crippen LogP contribution in [0.5, 0.6) is 0 Å². The zero-order valence-corrected chi connectivity index (χ0v) is 23.1. The van der Waals surface area contributed by atoms with Gasteiger partial charge in [-0.05, 0) is 73.1 Å². The van der Waals surface area contributed by atoms with Crippen molar-refractivity contribution in [2.75, 3.05) is 0 Å². The van der Waals surface area contributed by atoms with E-state index in [1.54, 1.807) is 12.1 Å². The fraction of sp³-hybridized carbons (Fsp3) is 0.290. The van der Waals surface area contributed by atoms with Crippen LogP contribution < -0.4 is 11.1 Å². The Hall–Kier alpha value is -4.68. The van der Waals surface area contributed by atoms with Gasteiger partial charge < -0.3 is 11.1 Å². The lowest BCUT2D eigenvalue weighted by Gasteiger charge is -2.23. The maximum absolute atomic E-state index is 14.2. The number of carbonyl (C=O) groups is 2. The van der Waals surface area contributed by atoms with E-state index in [0.717, 1.165) is 18.2 Å². The Kier molecular flexibility index (Phi) is 8.75. The van der Waals surface area contributed by atoms with Crippen molar-refractivity contribution < 1.29 is 35.9 Å². The standard InChI is InChI=1S/C31H27F6N5O2/c32-19-10-16(11-20(33)15-19)12-25(28-21(5-3-9-39-28)17-7-8-23(34)22(13-17)30(38)44)40-26(43)14-18-4-1-2-6-24-27(18)29(42-41-24)31(35,36)37/h3,5,7-11,13,15,18,25H,1-2,4,6,12,14H2,(H2,38,44)(H,40,43)(H,41,42)/t18?,25-/m0/s1. The number of benzene rings is 2. The van der Waals surface area contributed by atoms with Gasteiger partial charge in [-0.25, -0.2) is 13.2 Å². The van der Waals surface area contributed by atoms with Crippen LogP contribution in [-0.2, 0) is 23.8 Å². The maximum atomic E-state index is 14.2. The number of nitrogens with one attached hydrogen (secondary N) is 2. The van der Waals surface area contributed by atoms with E-state index >= 15 is 0 Å². The van der Waals surface area contributed by atoms with Gasteiger partial charge in [0.1, 0.15) is 17.5 Å². The number of aromatic amines is 1. The van der Waals surface area contributed by atoms with Gasteiger partial charge in [0, 0.05) is 35.5 Å². The van der Waals surface area contributed by atoms with Gasteiger partial charge in [-0.3, -0.25) is 19.7 Å². The Morgan fingerprint density at radius 3 is 2.50 bits per heavy atom. The molecule has 7 nitrogen and oxygen atoms in total. The van der Waals surface area contributed by atoms with Gasteiger partial charge in [0.15, 0.2) is 5.69 Å². The number of nitrogens with two attached hydrogens (primary N) is 1. The molecule has 0 saturated carbocycles. The number of nitrogens with zero attached hydrogens (tertiary/aromatic N) is 2. The van der Waals surface area contributed by atoms with E-state index in [2.05, 4.69) is 20.5 Å². The lowest BCUT2D eigenvalue weighted by Crippen LogP contribution is -2.32. The van der Waals surface area contributed by atoms with Gasteiger partial charge in [0.25, 0.3) is 5.91 Å². The molecular weight excluding hydrogens is 588 g/mol. The summed E-state index contributed by atoms with van der Waals surface area (Å²) in [6.07, 6.45) is -1.84. The second-order valence-electron chi connectivity index (χ2n) is 10.7. The van der Waals surface area contributed by atoms with E-state index < -0.39 is 53.1 Å². The Bertz CT molecular complexity index is 1680. The highest BCUT2D eigenvalue weighted by atomic mass is 19.4. The molecule has 2 aromatic heterocycles. The SMILES string of the molecule is NC(=O)c1cc(-c2cccnc2[C@H](Cc2cc(F)cc(F)c2)NC(=O)CC2CCCCc3[nH]nc(C(F)(F)F)c32)ccc1F. The first-order chi connectivity index (χ1) is 20.9. The minimum absolute atomic E-state index is 0.0299. The molecule has 4 N–H and O–H groups in total. The molecule has 0 fully saturated rings. The van der Waals surface area contributed by atoms with Crippen molar-refractivity contribution in [2.24, 2.45) is 5.73 Å². The van der Waals surface area contributed by atoms with E-state index in [1.807, 2.05) is 0 Å². The van der Waals surface area contributed by atoms with Crippen molar-refractivity contribution in [2.45, 2.75) is 56.7 Å². The zero-order chi connectivity index (χ0) is 31.6. The number of pyridine rings is 1. The summed E-state index contributed by atoms with van der Waals surface area (Å²) >= 11 is 0. The summed E-state index contributed by atoms with van der Waals surface area (Å²) in [5, 5.41) is 8.79. The summed E-state index contributed by atoms with van der Waals surface area (Å²) in [4.78, 5) is 29.8. The number of primary amides is 1. The molecule has 0 bridgehead atoms. The molecule has 2 atom stereocenters. The molecule has 0 aliphatic heterocycles. The molecule has 2 heterocycles. The molecule has 13 heteroatoms. The monoisotopic (exact) mass is 615 g/mol. The van der Waals surface area contributed by atoms with Crippen LogP contribution in [0, 0.1) is 17.5 Å². The van der Waals surface area contributed by atoms with Crippen molar-refractivity contribution in [3.8, 4) is 11.1 Å². The third-order valence-electron chi connectivity index (χ3n) is 7.63. The number of hydrogen-bond donors (Lipinski definition) is 3. The Morgan fingerprint density at radius 2 is 1.80 bits per heavy atom. The molecule has 1 aliphatic carbocycles. The Balaban J connectivity index is 1.51. The highest BCUT2D eigenvalue weighted by Gasteiger charge is 2.41. The molecule has 230 valence electrons. The van der Waals surface area contributed by atoms with E-state index in [0.29, 0.717) is 48.6 Å². The van der Waals surface area contributed by atoms with Crippen molar-refractivity contribution in [3.63, 3.8) is 0 Å². The predicted octanol–water partition coefficient (Wildman–Crippen LogP) is 6.31. The van der Waals surface area contributed by atoms with Crippen LogP contribution in [0.15, 0.2) is 54.7 Å². The van der Waals surface area contributed by atoms with Crippen molar-refractivity contribution in [1.29, 1.82) is 0 Å². The van der Waals surface area contributed by atoms with Crippen LogP contribution in [0.25, 0.3) is 11.1 Å². The first-order valence-electron chi connectivity index (χ1n) is 13.8. The summed E-state index contributed by atoms with van der Waals surface area (Å²) in [6.45, 7) is 0. The molecule has 2 aromatic carbocycles. The average Bonchev–Trinajstić information content (AvgIpc) is 3.29. The van der Waals surface area contributed by atoms with Crippen LogP contribution in [0.3, 0.4) is 0 Å². The van der Waals surface area contributed by atoms with Crippen LogP contribution in [0.2, 0.25) is 0 Å². The molecule has 5 rings (SSSR count). The number of amides is 2. The molecule has 4 aromatic rings. The third-order valence-corrected chi connectivity index (χ3v) is 7.63. The molecule has 0 spiro atoms. The predicted molar refractivity (Wildman–Crippen MR) is 148 cm³/mol. The Morgan fingerprint density at radius 1 is 1.05 bits per heavy atom. The highest BCUT2D eigenvalue weighted by Crippen LogP contribution is 2.41. The molecule has 1 aliphatic rings. The summed E-state index contributed by atoms with van der Waals surface area (Å²) in [5.41, 5.74) is 5.28. The largest absolute Gasteiger partial charge is 0.435 e. The van der Waals surface area contributed by atoms with Gasteiger partial charge in [0.2, 0.25) is 5.91 Å². The molecule has 0 radical (unpaired) electrons. The fourth-order valence-electron chi connectivity index (χ4n) is 5.75. The smallest absolute Gasteiger partial charge is 0.366 e. The number of rotatable bonds is 8. The van der Waals surface area contributed by atoms with Gasteiger partial charge in [-0.2, -0.15) is 18.3 Å². The topological polar surface area (TPSA) is 114 Å². The van der Waals surface area contributed by atoms with Crippen molar-refractivity contribution in [3.05, 3.63) is 106 Å². The summed E-state index contributed by atoms with van der Waals surface area (Å²) in [7, 11) is 0. The lowest BCUT2D eigenvalue weighted by molar-refractivity contribution is -0.142. The second-order valence-corrected chi connectivity index (χ2v) is 10.7. The van der Waals surface area contributed by atoms with E-state index in [9.17, 15) is 35.9 Å². The fourth-order valence-corrected chi connectivity index (χ4v) is 5.75. The second kappa shape index (κ2) is 12.5. The normalized spacial score (nSPS) is 15.7. The van der Waals surface area contributed by atoms with Crippen molar-refractivity contribution in [1.82, 2.24) is 20.5 Å². The van der Waals surface area contributed by atoms with E-state index in [1.165, 1.54) is 18.3 Å². The number of hydrogen-bond acceptors (Lipinski definition) is 4. The summed E-state index contributed by atoms with van der Waals surface area (Å²) < 4.78 is 83.9. The molecular formula is C31H27F6N5O2. The van der Waals surface area contributed by atoms with Crippen LogP contribution in [0.4, 0.5) is 26.3 Å². The average molecular weight is 616 g/mol. The molecule has 2 amide bonds. The number of halogens is 6. The van der Waals surface area contributed by atoms with Crippen LogP contribution in [0.1, 0.15) is 76.2 Å². The van der Waals surface area contributed by atoms with Crippen molar-refractivity contribution >= 4 is 11.8 Å². The number of H-pyrrole nitrogens is 1. The molecule has 1 unspecified atom stereocenters. The minimum atomic E-state index is -4.71. The highest BCUT2D eigenvalue weighted by molar-refractivity contribution is 5.94. The first kappa shape index (κ1) is 30.8. The van der Waals surface area contributed by atoms with Gasteiger partial charge >= 0.3 is 6.18 Å². The van der Waals surface area contributed by atoms with Gasteiger partial charge in [-0.1, -0.05) is 18.6 Å². The number of fused-ring (bicyclic) bond motifs is 1. The lowest BCUT2D eigenvalue weighted by atomic mass is 9.90. The first-order valence-corrected chi connectivity index (χ1v) is 13.8. The summed E-state index contributed by atoms with van der Waals surface area (Å²) in [5.74, 6) is -4.94. The zero-order valence-electron chi connectivity index (χ0n) is 23.1. The van der Waals surface area contributed by atoms with Gasteiger partial charge in [-0.15, -0.1) is 0 Å². The number of aromatic nitrogens is 3. The number of alkyl halides is 3. The Labute approximate surface area is 247 Å². The van der Waals surface area contributed by atoms with E-state index in [4.69, 9.17) is 5.73 Å². The third kappa shape index (κ3) is 6.76. The number of aryl methyl sites for hydroxylation is 1. The van der Waals surface area contributed by atoms with Crippen LogP contribution in [-0.4, -0.2) is 27.0 Å². The molecule has 44 heavy (non-hydrogen) atoms. The number of carbonyl (C=O) groups excluding carboxylic acids is 2.